The van der Waals surface area contributed by atoms with Gasteiger partial charge in [0.05, 0.1) is 0 Å². The molecule has 1 aliphatic carbocycles. The third-order valence-corrected chi connectivity index (χ3v) is 5.29. The molecular weight excluding hydrogens is 326 g/mol. The lowest BCUT2D eigenvalue weighted by Crippen LogP contribution is -2.39. The summed E-state index contributed by atoms with van der Waals surface area (Å²) >= 11 is 0. The zero-order valence-corrected chi connectivity index (χ0v) is 14.9. The molecule has 1 fully saturated rings. The fourth-order valence-corrected chi connectivity index (χ4v) is 3.84. The molecule has 4 rings (SSSR count). The number of nitrogens with one attached hydrogen (secondary N) is 2. The van der Waals surface area contributed by atoms with E-state index in [2.05, 4.69) is 50.0 Å². The summed E-state index contributed by atoms with van der Waals surface area (Å²) in [6.45, 7) is 1.78. The summed E-state index contributed by atoms with van der Waals surface area (Å²) in [5, 5.41) is 14.3. The van der Waals surface area contributed by atoms with Crippen molar-refractivity contribution in [3.05, 3.63) is 47.5 Å². The van der Waals surface area contributed by atoms with Crippen molar-refractivity contribution < 1.29 is 4.79 Å². The van der Waals surface area contributed by atoms with E-state index in [0.717, 1.165) is 38.2 Å². The Labute approximate surface area is 154 Å². The van der Waals surface area contributed by atoms with Crippen molar-refractivity contribution in [3.8, 4) is 0 Å². The lowest BCUT2D eigenvalue weighted by molar-refractivity contribution is 0.244. The van der Waals surface area contributed by atoms with E-state index in [1.54, 1.807) is 0 Å². The Kier molecular flexibility index (Phi) is 5.00. The summed E-state index contributed by atoms with van der Waals surface area (Å²) < 4.78 is 0. The second-order valence-electron chi connectivity index (χ2n) is 7.15. The van der Waals surface area contributed by atoms with Crippen LogP contribution < -0.4 is 15.5 Å². The van der Waals surface area contributed by atoms with Crippen LogP contribution in [0.15, 0.2) is 36.4 Å². The van der Waals surface area contributed by atoms with E-state index in [-0.39, 0.29) is 12.1 Å². The fraction of sp³-hybridized carbons (Fsp3) is 0.450. The minimum Gasteiger partial charge on any atom is -0.350 e. The average molecular weight is 351 g/mol. The van der Waals surface area contributed by atoms with Crippen molar-refractivity contribution in [2.24, 2.45) is 0 Å². The minimum absolute atomic E-state index is 0.189. The van der Waals surface area contributed by atoms with Gasteiger partial charge in [-0.25, -0.2) is 4.79 Å². The largest absolute Gasteiger partial charge is 0.350 e. The molecular formula is C20H25N5O. The zero-order valence-electron chi connectivity index (χ0n) is 14.9. The van der Waals surface area contributed by atoms with Crippen molar-refractivity contribution in [1.29, 1.82) is 0 Å². The third-order valence-electron chi connectivity index (χ3n) is 5.29. The van der Waals surface area contributed by atoms with Crippen LogP contribution in [0.4, 0.5) is 16.4 Å². The molecule has 0 atom stereocenters. The molecule has 26 heavy (non-hydrogen) atoms. The predicted octanol–water partition coefficient (Wildman–Crippen LogP) is 3.49. The Hall–Kier alpha value is -2.63. The normalized spacial score (nSPS) is 17.5. The quantitative estimate of drug-likeness (QED) is 0.888. The molecule has 1 aromatic heterocycles. The van der Waals surface area contributed by atoms with Crippen LogP contribution in [0.2, 0.25) is 0 Å². The lowest BCUT2D eigenvalue weighted by Gasteiger charge is -2.29. The van der Waals surface area contributed by atoms with Gasteiger partial charge in [0.1, 0.15) is 0 Å². The molecule has 0 radical (unpaired) electrons. The van der Waals surface area contributed by atoms with Crippen LogP contribution in [-0.2, 0) is 13.0 Å². The molecule has 1 saturated carbocycles. The highest BCUT2D eigenvalue weighted by Gasteiger charge is 2.18. The summed E-state index contributed by atoms with van der Waals surface area (Å²) in [5.41, 5.74) is 2.75. The van der Waals surface area contributed by atoms with E-state index in [9.17, 15) is 4.79 Å². The fourth-order valence-electron chi connectivity index (χ4n) is 3.84. The van der Waals surface area contributed by atoms with Gasteiger partial charge < -0.3 is 10.2 Å². The minimum atomic E-state index is -0.189. The van der Waals surface area contributed by atoms with E-state index in [0.29, 0.717) is 5.82 Å². The predicted molar refractivity (Wildman–Crippen MR) is 102 cm³/mol. The van der Waals surface area contributed by atoms with Gasteiger partial charge >= 0.3 is 6.03 Å². The first-order chi connectivity index (χ1) is 12.8. The number of urea groups is 1. The number of anilines is 2. The molecule has 6 heteroatoms. The molecule has 0 saturated heterocycles. The van der Waals surface area contributed by atoms with Crippen molar-refractivity contribution in [3.63, 3.8) is 0 Å². The number of benzene rings is 1. The van der Waals surface area contributed by atoms with Crippen LogP contribution in [0.1, 0.15) is 43.2 Å². The highest BCUT2D eigenvalue weighted by atomic mass is 16.2. The highest BCUT2D eigenvalue weighted by molar-refractivity contribution is 5.88. The molecule has 1 aromatic carbocycles. The topological polar surface area (TPSA) is 70.2 Å². The van der Waals surface area contributed by atoms with Crippen LogP contribution >= 0.6 is 0 Å². The molecule has 2 aliphatic rings. The van der Waals surface area contributed by atoms with E-state index >= 15 is 0 Å². The summed E-state index contributed by atoms with van der Waals surface area (Å²) in [7, 11) is 0. The monoisotopic (exact) mass is 351 g/mol. The lowest BCUT2D eigenvalue weighted by atomic mass is 9.96. The molecule has 2 aromatic rings. The van der Waals surface area contributed by atoms with Crippen molar-refractivity contribution in [1.82, 2.24) is 15.5 Å². The molecule has 2 N–H and O–H groups in total. The molecule has 2 amide bonds. The summed E-state index contributed by atoms with van der Waals surface area (Å²) in [6.07, 6.45) is 6.80. The van der Waals surface area contributed by atoms with E-state index in [1.807, 2.05) is 12.1 Å². The number of aromatic nitrogens is 2. The number of hydrogen-bond acceptors (Lipinski definition) is 4. The SMILES string of the molecule is O=C(Nc1ccc(N2CCc3ccccc3C2)nn1)NC1CCCCC1. The number of carbonyl (C=O) groups is 1. The van der Waals surface area contributed by atoms with Crippen LogP contribution in [-0.4, -0.2) is 28.8 Å². The van der Waals surface area contributed by atoms with Gasteiger partial charge in [0.25, 0.3) is 0 Å². The number of nitrogens with zero attached hydrogens (tertiary/aromatic N) is 3. The highest BCUT2D eigenvalue weighted by Crippen LogP contribution is 2.23. The van der Waals surface area contributed by atoms with E-state index in [4.69, 9.17) is 0 Å². The maximum atomic E-state index is 12.1. The third kappa shape index (κ3) is 3.95. The standard InChI is InChI=1S/C20H25N5O/c26-20(21-17-8-2-1-3-9-17)22-18-10-11-19(24-23-18)25-13-12-15-6-4-5-7-16(15)14-25/h4-7,10-11,17H,1-3,8-9,12-14H2,(H2,21,22,23,26). The number of hydrogen-bond donors (Lipinski definition) is 2. The van der Waals surface area contributed by atoms with Crippen LogP contribution in [0, 0.1) is 0 Å². The van der Waals surface area contributed by atoms with Gasteiger partial charge in [-0.15, -0.1) is 10.2 Å². The van der Waals surface area contributed by atoms with Crippen LogP contribution in [0.25, 0.3) is 0 Å². The Bertz CT molecular complexity index is 755. The van der Waals surface area contributed by atoms with Crippen molar-refractivity contribution >= 4 is 17.7 Å². The molecule has 2 heterocycles. The van der Waals surface area contributed by atoms with Crippen molar-refractivity contribution in [2.75, 3.05) is 16.8 Å². The van der Waals surface area contributed by atoms with Gasteiger partial charge in [0, 0.05) is 19.1 Å². The Morgan fingerprint density at radius 2 is 1.81 bits per heavy atom. The molecule has 0 spiro atoms. The summed E-state index contributed by atoms with van der Waals surface area (Å²) in [5.74, 6) is 1.33. The Morgan fingerprint density at radius 3 is 2.58 bits per heavy atom. The number of rotatable bonds is 3. The first-order valence-electron chi connectivity index (χ1n) is 9.51. The van der Waals surface area contributed by atoms with Gasteiger partial charge in [-0.2, -0.15) is 0 Å². The van der Waals surface area contributed by atoms with Crippen molar-refractivity contribution in [2.45, 2.75) is 51.1 Å². The number of fused-ring (bicyclic) bond motifs is 1. The van der Waals surface area contributed by atoms with Gasteiger partial charge in [-0.1, -0.05) is 43.5 Å². The van der Waals surface area contributed by atoms with Crippen LogP contribution in [0.3, 0.4) is 0 Å². The zero-order chi connectivity index (χ0) is 17.8. The van der Waals surface area contributed by atoms with Gasteiger partial charge in [0.2, 0.25) is 0 Å². The van der Waals surface area contributed by atoms with E-state index < -0.39 is 0 Å². The summed E-state index contributed by atoms with van der Waals surface area (Å²) in [4.78, 5) is 14.3. The number of amides is 2. The smallest absolute Gasteiger partial charge is 0.320 e. The first kappa shape index (κ1) is 16.8. The number of carbonyl (C=O) groups excluding carboxylic acids is 1. The second kappa shape index (κ2) is 7.72. The maximum absolute atomic E-state index is 12.1. The molecule has 6 nitrogen and oxygen atoms in total. The van der Waals surface area contributed by atoms with E-state index in [1.165, 1.54) is 30.4 Å². The van der Waals surface area contributed by atoms with Gasteiger partial charge in [0.15, 0.2) is 11.6 Å². The van der Waals surface area contributed by atoms with Crippen LogP contribution in [0.5, 0.6) is 0 Å². The first-order valence-corrected chi connectivity index (χ1v) is 9.51. The molecule has 136 valence electrons. The maximum Gasteiger partial charge on any atom is 0.320 e. The Morgan fingerprint density at radius 1 is 1.00 bits per heavy atom. The molecule has 1 aliphatic heterocycles. The Balaban J connectivity index is 1.34. The molecule has 0 bridgehead atoms. The average Bonchev–Trinajstić information content (AvgIpc) is 2.69. The summed E-state index contributed by atoms with van der Waals surface area (Å²) in [6, 6.07) is 12.4. The second-order valence-corrected chi connectivity index (χ2v) is 7.15. The molecule has 0 unspecified atom stereocenters. The van der Waals surface area contributed by atoms with Gasteiger partial charge in [-0.05, 0) is 42.5 Å². The van der Waals surface area contributed by atoms with Gasteiger partial charge in [-0.3, -0.25) is 5.32 Å².